The molecule has 2 aromatic rings. The molecular weight excluding hydrogens is 374 g/mol. The molecule has 0 radical (unpaired) electrons. The van der Waals surface area contributed by atoms with E-state index in [9.17, 15) is 9.59 Å². The van der Waals surface area contributed by atoms with Crippen molar-refractivity contribution in [3.8, 4) is 0 Å². The number of ketones is 2. The van der Waals surface area contributed by atoms with Crippen LogP contribution >= 0.6 is 31.9 Å². The van der Waals surface area contributed by atoms with E-state index in [4.69, 9.17) is 5.73 Å². The lowest BCUT2D eigenvalue weighted by Gasteiger charge is -2.20. The molecule has 0 bridgehead atoms. The molecule has 1 aliphatic carbocycles. The first-order valence-corrected chi connectivity index (χ1v) is 7.07. The first-order chi connectivity index (χ1) is 9.02. The van der Waals surface area contributed by atoms with E-state index >= 15 is 0 Å². The summed E-state index contributed by atoms with van der Waals surface area (Å²) >= 11 is 6.63. The average molecular weight is 381 g/mol. The summed E-state index contributed by atoms with van der Waals surface area (Å²) in [6, 6.07) is 8.43. The van der Waals surface area contributed by atoms with Crippen molar-refractivity contribution in [2.75, 3.05) is 5.73 Å². The minimum atomic E-state index is -0.226. The van der Waals surface area contributed by atoms with Crippen molar-refractivity contribution in [1.82, 2.24) is 0 Å². The standard InChI is InChI=1S/C14H7Br2NO2/c15-7-3-1-2-6-10(7)14(19)12-9(17)5-4-8(16)11(12)13(6)18/h1-5H,17H2. The van der Waals surface area contributed by atoms with E-state index in [0.29, 0.717) is 31.3 Å². The van der Waals surface area contributed by atoms with Gasteiger partial charge >= 0.3 is 0 Å². The molecule has 2 aromatic carbocycles. The number of anilines is 1. The van der Waals surface area contributed by atoms with Crippen LogP contribution in [0.3, 0.4) is 0 Å². The molecule has 0 heterocycles. The average Bonchev–Trinajstić information content (AvgIpc) is 2.38. The Bertz CT molecular complexity index is 753. The second-order valence-corrected chi connectivity index (χ2v) is 5.92. The number of fused-ring (bicyclic) bond motifs is 2. The summed E-state index contributed by atoms with van der Waals surface area (Å²) in [5.41, 5.74) is 7.58. The van der Waals surface area contributed by atoms with Crippen LogP contribution in [0.2, 0.25) is 0 Å². The Labute approximate surface area is 126 Å². The second kappa shape index (κ2) is 4.28. The van der Waals surface area contributed by atoms with E-state index in [1.165, 1.54) is 0 Å². The molecule has 0 atom stereocenters. The Kier molecular flexibility index (Phi) is 2.83. The Hall–Kier alpha value is -1.46. The molecule has 0 fully saturated rings. The largest absolute Gasteiger partial charge is 0.398 e. The lowest BCUT2D eigenvalue weighted by molar-refractivity contribution is 0.0978. The Morgan fingerprint density at radius 1 is 0.789 bits per heavy atom. The van der Waals surface area contributed by atoms with Crippen LogP contribution in [0.25, 0.3) is 0 Å². The normalized spacial score (nSPS) is 13.2. The molecule has 5 heteroatoms. The van der Waals surface area contributed by atoms with E-state index in [1.54, 1.807) is 30.3 Å². The minimum Gasteiger partial charge on any atom is -0.398 e. The molecule has 0 aromatic heterocycles. The van der Waals surface area contributed by atoms with Gasteiger partial charge in [-0.15, -0.1) is 0 Å². The van der Waals surface area contributed by atoms with Crippen molar-refractivity contribution < 1.29 is 9.59 Å². The van der Waals surface area contributed by atoms with Gasteiger partial charge in [0.1, 0.15) is 0 Å². The molecule has 3 nitrogen and oxygen atoms in total. The SMILES string of the molecule is Nc1ccc(Br)c2c1C(=O)c1c(Br)cccc1C2=O. The maximum atomic E-state index is 12.6. The fraction of sp³-hybridized carbons (Fsp3) is 0. The van der Waals surface area contributed by atoms with Crippen LogP contribution in [0.15, 0.2) is 39.3 Å². The quantitative estimate of drug-likeness (QED) is 0.606. The van der Waals surface area contributed by atoms with Gasteiger partial charge in [-0.25, -0.2) is 0 Å². The van der Waals surface area contributed by atoms with Crippen molar-refractivity contribution in [1.29, 1.82) is 0 Å². The summed E-state index contributed by atoms with van der Waals surface area (Å²) in [6.45, 7) is 0. The third kappa shape index (κ3) is 1.69. The Balaban J connectivity index is 2.43. The number of hydrogen-bond donors (Lipinski definition) is 1. The van der Waals surface area contributed by atoms with Crippen molar-refractivity contribution >= 4 is 49.1 Å². The van der Waals surface area contributed by atoms with Gasteiger partial charge < -0.3 is 5.73 Å². The highest BCUT2D eigenvalue weighted by molar-refractivity contribution is 9.10. The van der Waals surface area contributed by atoms with E-state index in [2.05, 4.69) is 31.9 Å². The smallest absolute Gasteiger partial charge is 0.197 e. The zero-order valence-electron chi connectivity index (χ0n) is 9.54. The van der Waals surface area contributed by atoms with Crippen molar-refractivity contribution in [2.24, 2.45) is 0 Å². The van der Waals surface area contributed by atoms with Crippen molar-refractivity contribution in [3.63, 3.8) is 0 Å². The van der Waals surface area contributed by atoms with E-state index in [0.717, 1.165) is 0 Å². The minimum absolute atomic E-state index is 0.190. The molecular formula is C14H7Br2NO2. The van der Waals surface area contributed by atoms with Crippen LogP contribution in [-0.2, 0) is 0 Å². The third-order valence-electron chi connectivity index (χ3n) is 3.13. The zero-order valence-corrected chi connectivity index (χ0v) is 12.7. The number of rotatable bonds is 0. The van der Waals surface area contributed by atoms with Crippen LogP contribution in [0.4, 0.5) is 5.69 Å². The van der Waals surface area contributed by atoms with Gasteiger partial charge in [-0.3, -0.25) is 9.59 Å². The number of halogens is 2. The van der Waals surface area contributed by atoms with Crippen molar-refractivity contribution in [2.45, 2.75) is 0 Å². The summed E-state index contributed by atoms with van der Waals surface area (Å²) in [5, 5.41) is 0. The summed E-state index contributed by atoms with van der Waals surface area (Å²) in [6.07, 6.45) is 0. The summed E-state index contributed by atoms with van der Waals surface area (Å²) in [5.74, 6) is -0.416. The number of benzene rings is 2. The molecule has 2 N–H and O–H groups in total. The lowest BCUT2D eigenvalue weighted by atomic mass is 9.83. The van der Waals surface area contributed by atoms with Crippen LogP contribution < -0.4 is 5.73 Å². The second-order valence-electron chi connectivity index (χ2n) is 4.21. The molecule has 0 spiro atoms. The van der Waals surface area contributed by atoms with Gasteiger partial charge in [-0.2, -0.15) is 0 Å². The number of nitrogens with two attached hydrogens (primary N) is 1. The molecule has 94 valence electrons. The highest BCUT2D eigenvalue weighted by Gasteiger charge is 2.34. The molecule has 1 aliphatic rings. The van der Waals surface area contributed by atoms with Gasteiger partial charge in [0, 0.05) is 31.3 Å². The van der Waals surface area contributed by atoms with E-state index in [-0.39, 0.29) is 17.1 Å². The molecule has 0 amide bonds. The molecule has 19 heavy (non-hydrogen) atoms. The molecule has 0 unspecified atom stereocenters. The maximum Gasteiger partial charge on any atom is 0.197 e. The third-order valence-corrected chi connectivity index (χ3v) is 4.45. The summed E-state index contributed by atoms with van der Waals surface area (Å²) in [4.78, 5) is 25.1. The van der Waals surface area contributed by atoms with Gasteiger partial charge in [-0.05, 0) is 18.2 Å². The van der Waals surface area contributed by atoms with Gasteiger partial charge in [0.25, 0.3) is 0 Å². The zero-order chi connectivity index (χ0) is 13.7. The summed E-state index contributed by atoms with van der Waals surface area (Å²) < 4.78 is 1.19. The topological polar surface area (TPSA) is 60.2 Å². The van der Waals surface area contributed by atoms with Crippen LogP contribution in [-0.4, -0.2) is 11.6 Å². The first kappa shape index (κ1) is 12.6. The first-order valence-electron chi connectivity index (χ1n) is 5.48. The highest BCUT2D eigenvalue weighted by Crippen LogP contribution is 2.37. The van der Waals surface area contributed by atoms with Crippen molar-refractivity contribution in [3.05, 3.63) is 61.5 Å². The van der Waals surface area contributed by atoms with Gasteiger partial charge in [0.2, 0.25) is 0 Å². The molecule has 0 aliphatic heterocycles. The lowest BCUT2D eigenvalue weighted by Crippen LogP contribution is -2.23. The van der Waals surface area contributed by atoms with E-state index < -0.39 is 0 Å². The highest BCUT2D eigenvalue weighted by atomic mass is 79.9. The number of nitrogen functional groups attached to an aromatic ring is 1. The fourth-order valence-electron chi connectivity index (χ4n) is 2.26. The predicted octanol–water partition coefficient (Wildman–Crippen LogP) is 3.57. The Morgan fingerprint density at radius 2 is 1.47 bits per heavy atom. The van der Waals surface area contributed by atoms with Crippen LogP contribution in [0, 0.1) is 0 Å². The van der Waals surface area contributed by atoms with Gasteiger partial charge in [-0.1, -0.05) is 44.0 Å². The van der Waals surface area contributed by atoms with Crippen LogP contribution in [0.5, 0.6) is 0 Å². The summed E-state index contributed by atoms with van der Waals surface area (Å²) in [7, 11) is 0. The van der Waals surface area contributed by atoms with Crippen LogP contribution in [0.1, 0.15) is 31.8 Å². The van der Waals surface area contributed by atoms with E-state index in [1.807, 2.05) is 0 Å². The predicted molar refractivity (Wildman–Crippen MR) is 79.6 cm³/mol. The molecule has 0 saturated heterocycles. The van der Waals surface area contributed by atoms with Gasteiger partial charge in [0.15, 0.2) is 11.6 Å². The van der Waals surface area contributed by atoms with Gasteiger partial charge in [0.05, 0.1) is 5.56 Å². The fourth-order valence-corrected chi connectivity index (χ4v) is 3.32. The number of carbonyl (C=O) groups excluding carboxylic acids is 2. The Morgan fingerprint density at radius 3 is 2.21 bits per heavy atom. The molecule has 3 rings (SSSR count). The monoisotopic (exact) mass is 379 g/mol. The number of carbonyl (C=O) groups is 2. The molecule has 0 saturated carbocycles. The maximum absolute atomic E-state index is 12.6. The number of hydrogen-bond acceptors (Lipinski definition) is 3.